The van der Waals surface area contributed by atoms with Gasteiger partial charge in [-0.3, -0.25) is 10.1 Å². The Kier molecular flexibility index (Phi) is 2.74. The summed E-state index contributed by atoms with van der Waals surface area (Å²) < 4.78 is 22.8. The highest BCUT2D eigenvalue weighted by molar-refractivity contribution is 7.91. The minimum atomic E-state index is -2.92. The molecule has 2 aliphatic rings. The highest BCUT2D eigenvalue weighted by Gasteiger charge is 2.45. The van der Waals surface area contributed by atoms with E-state index < -0.39 is 15.4 Å². The normalized spacial score (nSPS) is 38.2. The van der Waals surface area contributed by atoms with Gasteiger partial charge in [-0.15, -0.1) is 0 Å². The standard InChI is InChI=1S/C10H18N2O3S/c1-3-10(2)9(13)12(7-11-10)8-4-5-16(14,15)6-8/h8,11H,3-7H2,1-2H3. The van der Waals surface area contributed by atoms with Crippen molar-refractivity contribution in [2.75, 3.05) is 18.2 Å². The second-order valence-electron chi connectivity index (χ2n) is 4.85. The van der Waals surface area contributed by atoms with Crippen LogP contribution in [0.4, 0.5) is 0 Å². The number of hydrogen-bond donors (Lipinski definition) is 1. The first-order chi connectivity index (χ1) is 7.38. The highest BCUT2D eigenvalue weighted by Crippen LogP contribution is 2.25. The molecule has 0 bridgehead atoms. The maximum absolute atomic E-state index is 12.1. The molecule has 1 N–H and O–H groups in total. The minimum Gasteiger partial charge on any atom is -0.324 e. The smallest absolute Gasteiger partial charge is 0.243 e. The molecule has 0 spiro atoms. The summed E-state index contributed by atoms with van der Waals surface area (Å²) in [6, 6.07) is -0.127. The van der Waals surface area contributed by atoms with E-state index in [1.807, 2.05) is 13.8 Å². The van der Waals surface area contributed by atoms with Gasteiger partial charge in [0.2, 0.25) is 5.91 Å². The molecule has 2 rings (SSSR count). The van der Waals surface area contributed by atoms with E-state index in [9.17, 15) is 13.2 Å². The predicted molar refractivity (Wildman–Crippen MR) is 60.6 cm³/mol. The van der Waals surface area contributed by atoms with Crippen LogP contribution >= 0.6 is 0 Å². The van der Waals surface area contributed by atoms with Crippen LogP contribution < -0.4 is 5.32 Å². The van der Waals surface area contributed by atoms with Crippen molar-refractivity contribution >= 4 is 15.7 Å². The van der Waals surface area contributed by atoms with E-state index in [1.165, 1.54) is 0 Å². The third-order valence-corrected chi connectivity index (χ3v) is 5.48. The molecule has 0 radical (unpaired) electrons. The fraction of sp³-hybridized carbons (Fsp3) is 0.900. The van der Waals surface area contributed by atoms with Crippen LogP contribution in [0.25, 0.3) is 0 Å². The average Bonchev–Trinajstić information content (AvgIpc) is 2.71. The van der Waals surface area contributed by atoms with Crippen LogP contribution in [0, 0.1) is 0 Å². The molecule has 16 heavy (non-hydrogen) atoms. The number of rotatable bonds is 2. The molecule has 92 valence electrons. The van der Waals surface area contributed by atoms with Gasteiger partial charge < -0.3 is 4.90 Å². The van der Waals surface area contributed by atoms with Crippen LogP contribution in [0.3, 0.4) is 0 Å². The Bertz CT molecular complexity index is 406. The number of hydrogen-bond acceptors (Lipinski definition) is 4. The molecule has 5 nitrogen and oxygen atoms in total. The second-order valence-corrected chi connectivity index (χ2v) is 7.08. The fourth-order valence-corrected chi connectivity index (χ4v) is 4.05. The predicted octanol–water partition coefficient (Wildman–Crippen LogP) is -0.268. The number of nitrogens with one attached hydrogen (secondary N) is 1. The number of sulfone groups is 1. The molecule has 0 aromatic rings. The number of nitrogens with zero attached hydrogens (tertiary/aromatic N) is 1. The molecule has 2 atom stereocenters. The van der Waals surface area contributed by atoms with Crippen LogP contribution in [-0.2, 0) is 14.6 Å². The van der Waals surface area contributed by atoms with Gasteiger partial charge in [0, 0.05) is 6.04 Å². The first-order valence-electron chi connectivity index (χ1n) is 5.64. The van der Waals surface area contributed by atoms with Gasteiger partial charge in [-0.25, -0.2) is 8.42 Å². The summed E-state index contributed by atoms with van der Waals surface area (Å²) in [5.41, 5.74) is -0.508. The lowest BCUT2D eigenvalue weighted by Crippen LogP contribution is -2.45. The molecule has 0 saturated carbocycles. The first kappa shape index (κ1) is 11.9. The first-order valence-corrected chi connectivity index (χ1v) is 7.46. The summed E-state index contributed by atoms with van der Waals surface area (Å²) in [5.74, 6) is 0.377. The number of carbonyl (C=O) groups is 1. The fourth-order valence-electron chi connectivity index (χ4n) is 2.32. The van der Waals surface area contributed by atoms with E-state index >= 15 is 0 Å². The molecule has 6 heteroatoms. The van der Waals surface area contributed by atoms with Gasteiger partial charge in [0.05, 0.1) is 23.7 Å². The third-order valence-electron chi connectivity index (χ3n) is 3.73. The van der Waals surface area contributed by atoms with Crippen molar-refractivity contribution in [2.45, 2.75) is 38.3 Å². The van der Waals surface area contributed by atoms with Crippen LogP contribution in [0.2, 0.25) is 0 Å². The highest BCUT2D eigenvalue weighted by atomic mass is 32.2. The molecule has 0 aliphatic carbocycles. The molecule has 0 aromatic carbocycles. The largest absolute Gasteiger partial charge is 0.324 e. The lowest BCUT2D eigenvalue weighted by Gasteiger charge is -2.24. The summed E-state index contributed by atoms with van der Waals surface area (Å²) in [6.07, 6.45) is 1.30. The Morgan fingerprint density at radius 2 is 2.25 bits per heavy atom. The van der Waals surface area contributed by atoms with Crippen LogP contribution in [0.5, 0.6) is 0 Å². The quantitative estimate of drug-likeness (QED) is 0.728. The van der Waals surface area contributed by atoms with Gasteiger partial charge in [0.1, 0.15) is 0 Å². The Morgan fingerprint density at radius 3 is 2.69 bits per heavy atom. The Hall–Kier alpha value is -0.620. The van der Waals surface area contributed by atoms with Crippen LogP contribution in [0.15, 0.2) is 0 Å². The summed E-state index contributed by atoms with van der Waals surface area (Å²) in [4.78, 5) is 13.8. The van der Waals surface area contributed by atoms with Gasteiger partial charge in [0.15, 0.2) is 9.84 Å². The van der Waals surface area contributed by atoms with Crippen LogP contribution in [-0.4, -0.2) is 49.0 Å². The zero-order chi connectivity index (χ0) is 12.0. The molecule has 1 amide bonds. The summed E-state index contributed by atoms with van der Waals surface area (Å²) >= 11 is 0. The number of carbonyl (C=O) groups excluding carboxylic acids is 1. The lowest BCUT2D eigenvalue weighted by molar-refractivity contribution is -0.133. The number of amides is 1. The molecule has 2 saturated heterocycles. The van der Waals surface area contributed by atoms with Crippen LogP contribution in [0.1, 0.15) is 26.7 Å². The van der Waals surface area contributed by atoms with E-state index in [-0.39, 0.29) is 23.5 Å². The average molecular weight is 246 g/mol. The maximum Gasteiger partial charge on any atom is 0.243 e. The summed E-state index contributed by atoms with van der Waals surface area (Å²) in [6.45, 7) is 4.31. The monoisotopic (exact) mass is 246 g/mol. The second kappa shape index (κ2) is 3.70. The van der Waals surface area contributed by atoms with E-state index in [2.05, 4.69) is 5.32 Å². The van der Waals surface area contributed by atoms with Crippen molar-refractivity contribution in [3.8, 4) is 0 Å². The third kappa shape index (κ3) is 1.84. The van der Waals surface area contributed by atoms with E-state index in [0.717, 1.165) is 6.42 Å². The van der Waals surface area contributed by atoms with Crippen molar-refractivity contribution in [1.82, 2.24) is 10.2 Å². The van der Waals surface area contributed by atoms with Crippen molar-refractivity contribution in [1.29, 1.82) is 0 Å². The molecular formula is C10H18N2O3S. The van der Waals surface area contributed by atoms with Crippen molar-refractivity contribution in [3.63, 3.8) is 0 Å². The van der Waals surface area contributed by atoms with Gasteiger partial charge >= 0.3 is 0 Å². The topological polar surface area (TPSA) is 66.5 Å². The Balaban J connectivity index is 2.12. The molecule has 2 unspecified atom stereocenters. The maximum atomic E-state index is 12.1. The van der Waals surface area contributed by atoms with E-state index in [0.29, 0.717) is 13.1 Å². The summed E-state index contributed by atoms with van der Waals surface area (Å²) in [7, 11) is -2.92. The zero-order valence-electron chi connectivity index (χ0n) is 9.69. The Morgan fingerprint density at radius 1 is 1.56 bits per heavy atom. The van der Waals surface area contributed by atoms with E-state index in [1.54, 1.807) is 4.90 Å². The van der Waals surface area contributed by atoms with E-state index in [4.69, 9.17) is 0 Å². The van der Waals surface area contributed by atoms with Crippen molar-refractivity contribution in [2.24, 2.45) is 0 Å². The SMILES string of the molecule is CCC1(C)NCN(C2CCS(=O)(=O)C2)C1=O. The molecule has 2 heterocycles. The molecule has 2 fully saturated rings. The van der Waals surface area contributed by atoms with Gasteiger partial charge in [-0.2, -0.15) is 0 Å². The van der Waals surface area contributed by atoms with Gasteiger partial charge in [-0.1, -0.05) is 6.92 Å². The molecule has 0 aromatic heterocycles. The minimum absolute atomic E-state index is 0.0390. The lowest BCUT2D eigenvalue weighted by atomic mass is 9.99. The van der Waals surface area contributed by atoms with Gasteiger partial charge in [-0.05, 0) is 19.8 Å². The van der Waals surface area contributed by atoms with Gasteiger partial charge in [0.25, 0.3) is 0 Å². The van der Waals surface area contributed by atoms with Crippen molar-refractivity contribution < 1.29 is 13.2 Å². The summed E-state index contributed by atoms with van der Waals surface area (Å²) in [5, 5.41) is 3.17. The molecule has 2 aliphatic heterocycles. The van der Waals surface area contributed by atoms with Crippen molar-refractivity contribution in [3.05, 3.63) is 0 Å². The Labute approximate surface area is 96.1 Å². The zero-order valence-corrected chi connectivity index (χ0v) is 10.5. The molecular weight excluding hydrogens is 228 g/mol.